The molecule has 0 saturated carbocycles. The maximum atomic E-state index is 11.0. The van der Waals surface area contributed by atoms with Crippen LogP contribution in [-0.2, 0) is 6.42 Å². The number of nitro groups is 1. The van der Waals surface area contributed by atoms with Gasteiger partial charge in [0.25, 0.3) is 5.69 Å². The summed E-state index contributed by atoms with van der Waals surface area (Å²) in [5.41, 5.74) is 2.81. The lowest BCUT2D eigenvalue weighted by Crippen LogP contribution is -1.95. The molecule has 2 aromatic carbocycles. The Morgan fingerprint density at radius 3 is 2.75 bits per heavy atom. The third-order valence-corrected chi connectivity index (χ3v) is 3.53. The van der Waals surface area contributed by atoms with E-state index in [0.717, 1.165) is 16.5 Å². The Morgan fingerprint density at radius 1 is 1.15 bits per heavy atom. The summed E-state index contributed by atoms with van der Waals surface area (Å²) in [6, 6.07) is 12.4. The number of benzene rings is 2. The molecule has 0 unspecified atom stereocenters. The molecule has 3 rings (SSSR count). The molecule has 5 heteroatoms. The van der Waals surface area contributed by atoms with E-state index in [1.54, 1.807) is 12.1 Å². The number of halogens is 1. The highest BCUT2D eigenvalue weighted by Gasteiger charge is 2.14. The van der Waals surface area contributed by atoms with E-state index in [1.165, 1.54) is 6.07 Å². The predicted octanol–water partition coefficient (Wildman–Crippen LogP) is 4.32. The largest absolute Gasteiger partial charge is 0.361 e. The first-order chi connectivity index (χ1) is 9.65. The Kier molecular flexibility index (Phi) is 3.16. The number of H-pyrrole nitrogens is 1. The molecule has 0 bridgehead atoms. The van der Waals surface area contributed by atoms with Crippen molar-refractivity contribution in [3.63, 3.8) is 0 Å². The molecule has 20 heavy (non-hydrogen) atoms. The first-order valence-corrected chi connectivity index (χ1v) is 6.51. The smallest absolute Gasteiger partial charge is 0.272 e. The number of hydrogen-bond acceptors (Lipinski definition) is 2. The van der Waals surface area contributed by atoms with E-state index in [-0.39, 0.29) is 10.6 Å². The van der Waals surface area contributed by atoms with Crippen molar-refractivity contribution in [2.45, 2.75) is 6.42 Å². The summed E-state index contributed by atoms with van der Waals surface area (Å²) in [4.78, 5) is 13.8. The van der Waals surface area contributed by atoms with Crippen molar-refractivity contribution in [2.24, 2.45) is 0 Å². The van der Waals surface area contributed by atoms with E-state index in [0.29, 0.717) is 17.0 Å². The molecule has 0 atom stereocenters. The van der Waals surface area contributed by atoms with Crippen LogP contribution >= 0.6 is 11.6 Å². The number of hydrogen-bond donors (Lipinski definition) is 1. The van der Waals surface area contributed by atoms with Crippen molar-refractivity contribution >= 4 is 28.2 Å². The number of nitrogens with one attached hydrogen (secondary N) is 1. The fraction of sp³-hybridized carbons (Fsp3) is 0.0667. The molecule has 0 aliphatic heterocycles. The topological polar surface area (TPSA) is 58.9 Å². The van der Waals surface area contributed by atoms with Gasteiger partial charge in [0.05, 0.1) is 4.92 Å². The monoisotopic (exact) mass is 286 g/mol. The highest BCUT2D eigenvalue weighted by atomic mass is 35.5. The van der Waals surface area contributed by atoms with E-state index >= 15 is 0 Å². The molecular formula is C15H11ClN2O2. The van der Waals surface area contributed by atoms with Gasteiger partial charge in [0.1, 0.15) is 0 Å². The quantitative estimate of drug-likeness (QED) is 0.576. The minimum absolute atomic E-state index is 0.149. The van der Waals surface area contributed by atoms with E-state index in [4.69, 9.17) is 11.6 Å². The predicted molar refractivity (Wildman–Crippen MR) is 79.2 cm³/mol. The zero-order chi connectivity index (χ0) is 14.1. The standard InChI is InChI=1S/C15H11ClN2O2/c16-12-5-6-13-11(9-17-14(13)8-12)7-10-3-1-2-4-15(10)18(19)20/h1-6,8-9,17H,7H2. The third kappa shape index (κ3) is 2.26. The normalized spacial score (nSPS) is 10.8. The van der Waals surface area contributed by atoms with E-state index in [2.05, 4.69) is 4.98 Å². The van der Waals surface area contributed by atoms with Crippen molar-refractivity contribution < 1.29 is 4.92 Å². The summed E-state index contributed by atoms with van der Waals surface area (Å²) in [6.45, 7) is 0. The van der Waals surface area contributed by atoms with Crippen LogP contribution in [0.4, 0.5) is 5.69 Å². The zero-order valence-corrected chi connectivity index (χ0v) is 11.2. The second-order valence-electron chi connectivity index (χ2n) is 4.57. The average molecular weight is 287 g/mol. The van der Waals surface area contributed by atoms with Crippen LogP contribution < -0.4 is 0 Å². The molecule has 100 valence electrons. The van der Waals surface area contributed by atoms with Gasteiger partial charge in [-0.25, -0.2) is 0 Å². The van der Waals surface area contributed by atoms with Crippen LogP contribution in [0.15, 0.2) is 48.7 Å². The molecular weight excluding hydrogens is 276 g/mol. The van der Waals surface area contributed by atoms with E-state index < -0.39 is 0 Å². The summed E-state index contributed by atoms with van der Waals surface area (Å²) < 4.78 is 0. The molecule has 1 aromatic heterocycles. The van der Waals surface area contributed by atoms with Gasteiger partial charge >= 0.3 is 0 Å². The number of rotatable bonds is 3. The van der Waals surface area contributed by atoms with Gasteiger partial charge in [0.15, 0.2) is 0 Å². The van der Waals surface area contributed by atoms with Crippen LogP contribution in [0.1, 0.15) is 11.1 Å². The SMILES string of the molecule is O=[N+]([O-])c1ccccc1Cc1c[nH]c2cc(Cl)ccc12. The van der Waals surface area contributed by atoms with Crippen LogP contribution in [0.3, 0.4) is 0 Å². The maximum absolute atomic E-state index is 11.0. The van der Waals surface area contributed by atoms with E-state index in [1.807, 2.05) is 30.5 Å². The van der Waals surface area contributed by atoms with Gasteiger partial charge in [-0.15, -0.1) is 0 Å². The van der Waals surface area contributed by atoms with Gasteiger partial charge in [-0.1, -0.05) is 35.9 Å². The third-order valence-electron chi connectivity index (χ3n) is 3.30. The molecule has 0 spiro atoms. The molecule has 1 heterocycles. The molecule has 3 aromatic rings. The number of para-hydroxylation sites is 1. The number of nitrogens with zero attached hydrogens (tertiary/aromatic N) is 1. The molecule has 0 fully saturated rings. The van der Waals surface area contributed by atoms with E-state index in [9.17, 15) is 10.1 Å². The van der Waals surface area contributed by atoms with Crippen molar-refractivity contribution in [3.8, 4) is 0 Å². The van der Waals surface area contributed by atoms with Crippen LogP contribution in [0.25, 0.3) is 10.9 Å². The maximum Gasteiger partial charge on any atom is 0.272 e. The van der Waals surface area contributed by atoms with Crippen molar-refractivity contribution in [1.29, 1.82) is 0 Å². The van der Waals surface area contributed by atoms with Crippen molar-refractivity contribution in [3.05, 3.63) is 74.9 Å². The van der Waals surface area contributed by atoms with Gasteiger partial charge in [0.2, 0.25) is 0 Å². The number of nitro benzene ring substituents is 1. The summed E-state index contributed by atoms with van der Waals surface area (Å²) in [5, 5.41) is 12.7. The molecule has 0 aliphatic carbocycles. The summed E-state index contributed by atoms with van der Waals surface area (Å²) in [6.07, 6.45) is 2.39. The Bertz CT molecular complexity index is 795. The van der Waals surface area contributed by atoms with Gasteiger partial charge < -0.3 is 4.98 Å². The lowest BCUT2D eigenvalue weighted by atomic mass is 10.0. The second-order valence-corrected chi connectivity index (χ2v) is 5.00. The lowest BCUT2D eigenvalue weighted by molar-refractivity contribution is -0.385. The average Bonchev–Trinajstić information content (AvgIpc) is 2.81. The summed E-state index contributed by atoms with van der Waals surface area (Å²) in [7, 11) is 0. The van der Waals surface area contributed by atoms with Gasteiger partial charge in [-0.3, -0.25) is 10.1 Å². The van der Waals surface area contributed by atoms with Gasteiger partial charge in [-0.2, -0.15) is 0 Å². The fourth-order valence-electron chi connectivity index (χ4n) is 2.35. The van der Waals surface area contributed by atoms with Crippen molar-refractivity contribution in [2.75, 3.05) is 0 Å². The van der Waals surface area contributed by atoms with Gasteiger partial charge in [0, 0.05) is 40.2 Å². The number of fused-ring (bicyclic) bond motifs is 1. The van der Waals surface area contributed by atoms with Crippen LogP contribution in [-0.4, -0.2) is 9.91 Å². The molecule has 1 N–H and O–H groups in total. The van der Waals surface area contributed by atoms with Crippen LogP contribution in [0.2, 0.25) is 5.02 Å². The van der Waals surface area contributed by atoms with Crippen LogP contribution in [0.5, 0.6) is 0 Å². The number of aromatic amines is 1. The van der Waals surface area contributed by atoms with Gasteiger partial charge in [-0.05, 0) is 17.7 Å². The summed E-state index contributed by atoms with van der Waals surface area (Å²) >= 11 is 5.95. The molecule has 0 saturated heterocycles. The highest BCUT2D eigenvalue weighted by Crippen LogP contribution is 2.27. The molecule has 0 amide bonds. The first kappa shape index (κ1) is 12.7. The molecule has 0 aliphatic rings. The zero-order valence-electron chi connectivity index (χ0n) is 10.5. The first-order valence-electron chi connectivity index (χ1n) is 6.13. The highest BCUT2D eigenvalue weighted by molar-refractivity contribution is 6.31. The fourth-order valence-corrected chi connectivity index (χ4v) is 2.52. The Labute approximate surface area is 120 Å². The Balaban J connectivity index is 2.04. The minimum atomic E-state index is -0.346. The minimum Gasteiger partial charge on any atom is -0.361 e. The lowest BCUT2D eigenvalue weighted by Gasteiger charge is -2.02. The molecule has 0 radical (unpaired) electrons. The second kappa shape index (κ2) is 4.98. The Morgan fingerprint density at radius 2 is 1.95 bits per heavy atom. The molecule has 4 nitrogen and oxygen atoms in total. The number of aromatic nitrogens is 1. The van der Waals surface area contributed by atoms with Crippen molar-refractivity contribution in [1.82, 2.24) is 4.98 Å². The summed E-state index contributed by atoms with van der Waals surface area (Å²) in [5.74, 6) is 0. The Hall–Kier alpha value is -2.33. The van der Waals surface area contributed by atoms with Crippen LogP contribution in [0, 0.1) is 10.1 Å².